The molecule has 0 aromatic heterocycles. The maximum Gasteiger partial charge on any atom is 0.289 e. The number of hydrogen-bond acceptors (Lipinski definition) is 9. The molecule has 328 valence electrons. The predicted octanol–water partition coefficient (Wildman–Crippen LogP) is 8.96. The Morgan fingerprint density at radius 3 is 2.19 bits per heavy atom. The third-order valence-corrected chi connectivity index (χ3v) is 14.5. The van der Waals surface area contributed by atoms with Gasteiger partial charge in [-0.25, -0.2) is 0 Å². The van der Waals surface area contributed by atoms with E-state index in [2.05, 4.69) is 89.5 Å². The van der Waals surface area contributed by atoms with Crippen molar-refractivity contribution < 1.29 is 38.3 Å². The molecule has 4 aromatic rings. The Kier molecular flexibility index (Phi) is 12.5. The van der Waals surface area contributed by atoms with Crippen molar-refractivity contribution in [3.8, 4) is 34.1 Å². The van der Waals surface area contributed by atoms with Crippen LogP contribution < -0.4 is 18.9 Å². The van der Waals surface area contributed by atoms with Gasteiger partial charge in [0.15, 0.2) is 28.8 Å². The topological polar surface area (TPSA) is 99.2 Å². The summed E-state index contributed by atoms with van der Waals surface area (Å²) in [5, 5.41) is 9.49. The summed E-state index contributed by atoms with van der Waals surface area (Å²) in [6, 6.07) is 23.8. The second-order valence-corrected chi connectivity index (χ2v) is 17.7. The monoisotopic (exact) mass is 842 g/mol. The van der Waals surface area contributed by atoms with Crippen LogP contribution in [0.5, 0.6) is 23.0 Å². The highest BCUT2D eigenvalue weighted by Crippen LogP contribution is 2.50. The third kappa shape index (κ3) is 7.94. The summed E-state index contributed by atoms with van der Waals surface area (Å²) in [6.07, 6.45) is 8.81. The van der Waals surface area contributed by atoms with Crippen LogP contribution in [0.15, 0.2) is 78.6 Å². The molecule has 4 heterocycles. The number of carbonyl (C=O) groups is 1. The van der Waals surface area contributed by atoms with Gasteiger partial charge in [0.25, 0.3) is 5.91 Å². The lowest BCUT2D eigenvalue weighted by Gasteiger charge is -2.49. The van der Waals surface area contributed by atoms with Crippen LogP contribution in [0, 0.1) is 11.8 Å². The van der Waals surface area contributed by atoms with Crippen LogP contribution in [-0.2, 0) is 33.5 Å². The van der Waals surface area contributed by atoms with Crippen molar-refractivity contribution in [1.82, 2.24) is 9.80 Å². The minimum Gasteiger partial charge on any atom is -0.493 e. The number of aliphatic hydroxyl groups excluding tert-OH is 1. The average molecular weight is 843 g/mol. The number of fused-ring (bicyclic) bond motifs is 7. The molecular weight excluding hydrogens is 781 g/mol. The standard InChI is InChI=1S/C52H62N2O8/c1-6-32-31-53-18-16-34-25-46(57-2)48(59-4)29-41(34)44(53)23-36(32)24-45-42-30-49(60-5)47(58-3)26-35(42)17-19-54(45)52(56)50-27-37(28-51(62-50)61-21-10-9-20-55)39-14-11-15-40-38-13-8-7-12-33(38)22-43(39)40/h7-8,11-15,25-27,29-30,32,36-37,44-45,51,55H,6,9-10,16-24,28,31H2,1-5H3/t32-,36+,37+,44-,45+,51-/m0/s1. The minimum absolute atomic E-state index is 0.0783. The van der Waals surface area contributed by atoms with Gasteiger partial charge in [0.1, 0.15) is 0 Å². The molecule has 0 saturated carbocycles. The Labute approximate surface area is 366 Å². The normalized spacial score (nSPS) is 23.8. The van der Waals surface area contributed by atoms with Crippen LogP contribution in [0.4, 0.5) is 0 Å². The number of benzene rings is 4. The lowest BCUT2D eigenvalue weighted by molar-refractivity contribution is -0.155. The fourth-order valence-electron chi connectivity index (χ4n) is 11.3. The van der Waals surface area contributed by atoms with Gasteiger partial charge in [-0.3, -0.25) is 9.69 Å². The number of carbonyl (C=O) groups excluding carboxylic acids is 1. The summed E-state index contributed by atoms with van der Waals surface area (Å²) in [7, 11) is 6.77. The van der Waals surface area contributed by atoms with Crippen molar-refractivity contribution in [1.29, 1.82) is 0 Å². The number of allylic oxidation sites excluding steroid dienone is 1. The highest BCUT2D eigenvalue weighted by molar-refractivity contribution is 5.92. The SMILES string of the molecule is CC[C@H]1CN2CCc3cc(OC)c(OC)cc3[C@@H]2C[C@@H]1C[C@@H]1c2cc(OC)c(OC)cc2CCN1C(=O)C1=C[C@@H](c2cccc3c2Cc2ccccc2-3)C[C@@H](OCCCCO)O1. The van der Waals surface area contributed by atoms with Gasteiger partial charge >= 0.3 is 0 Å². The van der Waals surface area contributed by atoms with Crippen molar-refractivity contribution in [2.24, 2.45) is 11.8 Å². The molecule has 62 heavy (non-hydrogen) atoms. The van der Waals surface area contributed by atoms with E-state index in [0.717, 1.165) is 62.3 Å². The highest BCUT2D eigenvalue weighted by atomic mass is 16.7. The number of rotatable bonds is 14. The quantitative estimate of drug-likeness (QED) is 0.110. The molecular formula is C52H62N2O8. The number of hydrogen-bond donors (Lipinski definition) is 1. The first-order valence-electron chi connectivity index (χ1n) is 22.7. The van der Waals surface area contributed by atoms with Crippen molar-refractivity contribution in [2.45, 2.75) is 89.0 Å². The van der Waals surface area contributed by atoms with Crippen LogP contribution in [-0.4, -0.2) is 88.4 Å². The first-order valence-corrected chi connectivity index (χ1v) is 22.7. The Bertz CT molecular complexity index is 2310. The predicted molar refractivity (Wildman–Crippen MR) is 239 cm³/mol. The molecule has 4 aliphatic heterocycles. The third-order valence-electron chi connectivity index (χ3n) is 14.5. The molecule has 0 unspecified atom stereocenters. The summed E-state index contributed by atoms with van der Waals surface area (Å²) in [6.45, 7) is 5.44. The van der Waals surface area contributed by atoms with Crippen LogP contribution in [0.25, 0.3) is 11.1 Å². The number of piperidine rings is 1. The summed E-state index contributed by atoms with van der Waals surface area (Å²) in [5.41, 5.74) is 11.3. The van der Waals surface area contributed by atoms with Gasteiger partial charge in [0.2, 0.25) is 6.29 Å². The molecule has 1 N–H and O–H groups in total. The fraction of sp³-hybridized carbons (Fsp3) is 0.481. The van der Waals surface area contributed by atoms with Crippen LogP contribution >= 0.6 is 0 Å². The van der Waals surface area contributed by atoms with Gasteiger partial charge in [-0.2, -0.15) is 0 Å². The van der Waals surface area contributed by atoms with Crippen LogP contribution in [0.3, 0.4) is 0 Å². The van der Waals surface area contributed by atoms with E-state index in [1.807, 2.05) is 0 Å². The van der Waals surface area contributed by atoms with Crippen molar-refractivity contribution in [3.05, 3.63) is 118 Å². The highest BCUT2D eigenvalue weighted by Gasteiger charge is 2.44. The maximum atomic E-state index is 15.4. The molecule has 4 aromatic carbocycles. The van der Waals surface area contributed by atoms with E-state index in [4.69, 9.17) is 28.4 Å². The van der Waals surface area contributed by atoms with Crippen LogP contribution in [0.2, 0.25) is 0 Å². The largest absolute Gasteiger partial charge is 0.493 e. The Morgan fingerprint density at radius 2 is 1.45 bits per heavy atom. The first-order chi connectivity index (χ1) is 30.4. The smallest absolute Gasteiger partial charge is 0.289 e. The van der Waals surface area contributed by atoms with Gasteiger partial charge in [-0.05, 0) is 137 Å². The van der Waals surface area contributed by atoms with E-state index in [9.17, 15) is 5.11 Å². The summed E-state index contributed by atoms with van der Waals surface area (Å²) < 4.78 is 36.3. The number of unbranched alkanes of at least 4 members (excludes halogenated alkanes) is 1. The molecule has 9 rings (SSSR count). The molecule has 1 aliphatic carbocycles. The zero-order valence-electron chi connectivity index (χ0n) is 37.0. The van der Waals surface area contributed by atoms with E-state index in [1.54, 1.807) is 28.4 Å². The van der Waals surface area contributed by atoms with Gasteiger partial charge < -0.3 is 38.4 Å². The van der Waals surface area contributed by atoms with E-state index in [-0.39, 0.29) is 30.5 Å². The van der Waals surface area contributed by atoms with Crippen LogP contribution in [0.1, 0.15) is 102 Å². The summed E-state index contributed by atoms with van der Waals surface area (Å²) in [4.78, 5) is 20.2. The van der Waals surface area contributed by atoms with Gasteiger partial charge in [0, 0.05) is 44.6 Å². The molecule has 0 spiro atoms. The number of amides is 1. The van der Waals surface area contributed by atoms with Crippen molar-refractivity contribution >= 4 is 5.91 Å². The number of aliphatic hydroxyl groups is 1. The molecule has 1 saturated heterocycles. The van der Waals surface area contributed by atoms with Gasteiger partial charge in [0.05, 0.1) is 41.1 Å². The summed E-state index contributed by atoms with van der Waals surface area (Å²) >= 11 is 0. The molecule has 10 nitrogen and oxygen atoms in total. The minimum atomic E-state index is -0.599. The molecule has 1 fully saturated rings. The Balaban J connectivity index is 1.07. The average Bonchev–Trinajstić information content (AvgIpc) is 3.70. The van der Waals surface area contributed by atoms with Crippen molar-refractivity contribution in [3.63, 3.8) is 0 Å². The van der Waals surface area contributed by atoms with Crippen molar-refractivity contribution in [2.75, 3.05) is 61.3 Å². The Morgan fingerprint density at radius 1 is 0.758 bits per heavy atom. The zero-order valence-corrected chi connectivity index (χ0v) is 37.0. The fourth-order valence-corrected chi connectivity index (χ4v) is 11.3. The van der Waals surface area contributed by atoms with E-state index in [1.165, 1.54) is 44.5 Å². The van der Waals surface area contributed by atoms with E-state index >= 15 is 4.79 Å². The van der Waals surface area contributed by atoms with Gasteiger partial charge in [-0.1, -0.05) is 55.8 Å². The molecule has 10 heteroatoms. The molecule has 1 amide bonds. The molecule has 0 bridgehead atoms. The first kappa shape index (κ1) is 42.3. The summed E-state index contributed by atoms with van der Waals surface area (Å²) in [5.74, 6) is 3.87. The number of nitrogens with zero attached hydrogens (tertiary/aromatic N) is 2. The molecule has 6 atom stereocenters. The second kappa shape index (κ2) is 18.4. The van der Waals surface area contributed by atoms with E-state index in [0.29, 0.717) is 67.9 Å². The Hall–Kier alpha value is -5.03. The van der Waals surface area contributed by atoms with E-state index < -0.39 is 6.29 Å². The lowest BCUT2D eigenvalue weighted by Crippen LogP contribution is -2.48. The molecule has 0 radical (unpaired) electrons. The lowest BCUT2D eigenvalue weighted by atomic mass is 9.72. The zero-order chi connectivity index (χ0) is 42.9. The number of methoxy groups -OCH3 is 4. The maximum absolute atomic E-state index is 15.4. The number of ether oxygens (including phenoxy) is 6. The second-order valence-electron chi connectivity index (χ2n) is 17.7. The van der Waals surface area contributed by atoms with Gasteiger partial charge in [-0.15, -0.1) is 0 Å². The molecule has 5 aliphatic rings.